The summed E-state index contributed by atoms with van der Waals surface area (Å²) in [6.45, 7) is 1.26. The van der Waals surface area contributed by atoms with Crippen LogP contribution in [0.25, 0.3) is 5.69 Å². The van der Waals surface area contributed by atoms with E-state index in [4.69, 9.17) is 4.74 Å². The van der Waals surface area contributed by atoms with Gasteiger partial charge in [0, 0.05) is 12.6 Å². The third-order valence-electron chi connectivity index (χ3n) is 4.46. The van der Waals surface area contributed by atoms with Gasteiger partial charge in [-0.1, -0.05) is 42.9 Å². The van der Waals surface area contributed by atoms with Crippen LogP contribution in [0.4, 0.5) is 0 Å². The van der Waals surface area contributed by atoms with Crippen molar-refractivity contribution < 1.29 is 25.2 Å². The van der Waals surface area contributed by atoms with E-state index in [1.165, 1.54) is 0 Å². The average molecular weight is 382 g/mol. The molecule has 5 atom stereocenters. The Morgan fingerprint density at radius 3 is 2.68 bits per heavy atom. The minimum atomic E-state index is -2.08. The van der Waals surface area contributed by atoms with Crippen LogP contribution in [0.3, 0.4) is 0 Å². The molecule has 1 aromatic carbocycles. The van der Waals surface area contributed by atoms with Gasteiger partial charge in [0.15, 0.2) is 11.7 Å². The van der Waals surface area contributed by atoms with Crippen molar-refractivity contribution in [2.75, 3.05) is 6.61 Å². The summed E-state index contributed by atoms with van der Waals surface area (Å²) < 4.78 is 7.19. The van der Waals surface area contributed by atoms with Crippen molar-refractivity contribution in [2.24, 2.45) is 0 Å². The van der Waals surface area contributed by atoms with E-state index in [1.54, 1.807) is 24.0 Å². The van der Waals surface area contributed by atoms with Gasteiger partial charge in [0.1, 0.15) is 18.3 Å². The molecule has 0 spiro atoms. The lowest BCUT2D eigenvalue weighted by atomic mass is 9.82. The molecule has 0 aliphatic carbocycles. The monoisotopic (exact) mass is 382 g/mol. The molecule has 146 valence electrons. The van der Waals surface area contributed by atoms with Gasteiger partial charge in [-0.25, -0.2) is 4.68 Å². The standard InChI is InChI=1S/C21H22N2O5/c1-2-3-11-21(27)18(28-17(14-24)19(25)20(21)26)10-9-15-12-22-23(13-15)16-7-5-4-6-8-16/h4-8,12-13,17-20,24-27H,2,14H2,1H3/t17-,18-,19-,20+,21-/m1/s1. The number of nitrogens with zero attached hydrogens (tertiary/aromatic N) is 2. The lowest BCUT2D eigenvalue weighted by Crippen LogP contribution is -2.65. The lowest BCUT2D eigenvalue weighted by molar-refractivity contribution is -0.239. The molecule has 0 bridgehead atoms. The van der Waals surface area contributed by atoms with Crippen LogP contribution in [0, 0.1) is 23.7 Å². The summed E-state index contributed by atoms with van der Waals surface area (Å²) in [5, 5.41) is 44.9. The van der Waals surface area contributed by atoms with Crippen molar-refractivity contribution in [2.45, 2.75) is 43.4 Å². The fourth-order valence-electron chi connectivity index (χ4n) is 2.90. The number of aliphatic hydroxyl groups is 4. The van der Waals surface area contributed by atoms with Crippen molar-refractivity contribution in [1.82, 2.24) is 9.78 Å². The molecule has 4 N–H and O–H groups in total. The molecule has 7 nitrogen and oxygen atoms in total. The fraction of sp³-hybridized carbons (Fsp3) is 0.381. The van der Waals surface area contributed by atoms with Gasteiger partial charge in [0.05, 0.1) is 24.1 Å². The van der Waals surface area contributed by atoms with Gasteiger partial charge in [-0.2, -0.15) is 5.10 Å². The first-order valence-corrected chi connectivity index (χ1v) is 8.96. The number of rotatable bonds is 2. The Kier molecular flexibility index (Phi) is 6.15. The average Bonchev–Trinajstić information content (AvgIpc) is 3.20. The van der Waals surface area contributed by atoms with Crippen LogP contribution in [-0.4, -0.2) is 66.8 Å². The van der Waals surface area contributed by atoms with E-state index in [9.17, 15) is 20.4 Å². The van der Waals surface area contributed by atoms with Crippen LogP contribution in [0.15, 0.2) is 42.7 Å². The Morgan fingerprint density at radius 1 is 1.25 bits per heavy atom. The molecule has 3 rings (SSSR count). The summed E-state index contributed by atoms with van der Waals surface area (Å²) in [5.41, 5.74) is -0.642. The molecule has 7 heteroatoms. The molecule has 0 unspecified atom stereocenters. The predicted octanol–water partition coefficient (Wildman–Crippen LogP) is -0.150. The van der Waals surface area contributed by atoms with Gasteiger partial charge < -0.3 is 25.2 Å². The Balaban J connectivity index is 1.90. The predicted molar refractivity (Wildman–Crippen MR) is 101 cm³/mol. The Hall–Kier alpha value is -2.65. The van der Waals surface area contributed by atoms with Gasteiger partial charge in [0.25, 0.3) is 0 Å². The summed E-state index contributed by atoms with van der Waals surface area (Å²) in [7, 11) is 0. The second-order valence-electron chi connectivity index (χ2n) is 6.43. The molecule has 1 fully saturated rings. The highest BCUT2D eigenvalue weighted by atomic mass is 16.5. The summed E-state index contributed by atoms with van der Waals surface area (Å²) in [4.78, 5) is 0. The van der Waals surface area contributed by atoms with Crippen LogP contribution in [0.1, 0.15) is 18.9 Å². The Labute approximate surface area is 163 Å². The van der Waals surface area contributed by atoms with Crippen LogP contribution in [0.2, 0.25) is 0 Å². The first-order chi connectivity index (χ1) is 13.5. The molecular weight excluding hydrogens is 360 g/mol. The first kappa shape index (κ1) is 20.1. The van der Waals surface area contributed by atoms with E-state index in [0.717, 1.165) is 5.69 Å². The van der Waals surface area contributed by atoms with E-state index in [1.807, 2.05) is 30.3 Å². The third-order valence-corrected chi connectivity index (χ3v) is 4.46. The molecule has 0 amide bonds. The Morgan fingerprint density at radius 2 is 2.00 bits per heavy atom. The zero-order chi connectivity index (χ0) is 20.1. The van der Waals surface area contributed by atoms with Crippen molar-refractivity contribution in [3.63, 3.8) is 0 Å². The topological polar surface area (TPSA) is 108 Å². The molecule has 0 saturated carbocycles. The normalized spacial score (nSPS) is 29.3. The zero-order valence-corrected chi connectivity index (χ0v) is 15.4. The van der Waals surface area contributed by atoms with Crippen LogP contribution in [-0.2, 0) is 4.74 Å². The summed E-state index contributed by atoms with van der Waals surface area (Å²) >= 11 is 0. The van der Waals surface area contributed by atoms with Gasteiger partial charge in [0.2, 0.25) is 0 Å². The summed E-state index contributed by atoms with van der Waals surface area (Å²) in [5.74, 6) is 10.9. The summed E-state index contributed by atoms with van der Waals surface area (Å²) in [6, 6.07) is 9.50. The number of hydrogen-bond acceptors (Lipinski definition) is 6. The quantitative estimate of drug-likeness (QED) is 0.538. The van der Waals surface area contributed by atoms with Crippen LogP contribution in [0.5, 0.6) is 0 Å². The second kappa shape index (κ2) is 8.57. The smallest absolute Gasteiger partial charge is 0.191 e. The zero-order valence-electron chi connectivity index (χ0n) is 15.4. The molecule has 1 aromatic heterocycles. The highest BCUT2D eigenvalue weighted by molar-refractivity contribution is 5.39. The van der Waals surface area contributed by atoms with E-state index < -0.39 is 36.6 Å². The van der Waals surface area contributed by atoms with Gasteiger partial charge in [-0.05, 0) is 12.1 Å². The number of ether oxygens (including phenoxy) is 1. The maximum atomic E-state index is 10.9. The third kappa shape index (κ3) is 3.95. The largest absolute Gasteiger partial charge is 0.394 e. The molecule has 2 aromatic rings. The Bertz CT molecular complexity index is 921. The second-order valence-corrected chi connectivity index (χ2v) is 6.43. The van der Waals surface area contributed by atoms with Crippen molar-refractivity contribution in [3.05, 3.63) is 48.3 Å². The number of hydrogen-bond donors (Lipinski definition) is 4. The maximum Gasteiger partial charge on any atom is 0.191 e. The molecule has 1 aliphatic rings. The van der Waals surface area contributed by atoms with E-state index in [2.05, 4.69) is 28.8 Å². The highest BCUT2D eigenvalue weighted by Crippen LogP contribution is 2.29. The molecular formula is C21H22N2O5. The molecule has 1 saturated heterocycles. The highest BCUT2D eigenvalue weighted by Gasteiger charge is 2.53. The number of benzene rings is 1. The minimum absolute atomic E-state index is 0.443. The van der Waals surface area contributed by atoms with Gasteiger partial charge in [-0.15, -0.1) is 5.92 Å². The molecule has 28 heavy (non-hydrogen) atoms. The molecule has 1 aliphatic heterocycles. The first-order valence-electron chi connectivity index (χ1n) is 8.96. The molecule has 0 radical (unpaired) electrons. The number of para-hydroxylation sites is 1. The maximum absolute atomic E-state index is 10.9. The number of aromatic nitrogens is 2. The van der Waals surface area contributed by atoms with E-state index in [0.29, 0.717) is 12.0 Å². The SMILES string of the molecule is CCC#C[C@@]1(O)[C@@H](C#Cc2cnn(-c3ccccc3)c2)O[C@H](CO)[C@@H](O)[C@@H]1O. The van der Waals surface area contributed by atoms with Crippen LogP contribution < -0.4 is 0 Å². The van der Waals surface area contributed by atoms with E-state index in [-0.39, 0.29) is 0 Å². The van der Waals surface area contributed by atoms with E-state index >= 15 is 0 Å². The molecule has 2 heterocycles. The number of aliphatic hydroxyl groups excluding tert-OH is 3. The van der Waals surface area contributed by atoms with Gasteiger partial charge in [-0.3, -0.25) is 0 Å². The van der Waals surface area contributed by atoms with Crippen molar-refractivity contribution >= 4 is 0 Å². The summed E-state index contributed by atoms with van der Waals surface area (Å²) in [6.07, 6.45) is -1.69. The van der Waals surface area contributed by atoms with Crippen molar-refractivity contribution in [3.8, 4) is 29.4 Å². The minimum Gasteiger partial charge on any atom is -0.394 e. The van der Waals surface area contributed by atoms with Crippen molar-refractivity contribution in [1.29, 1.82) is 0 Å². The fourth-order valence-corrected chi connectivity index (χ4v) is 2.90. The van der Waals surface area contributed by atoms with Crippen LogP contribution >= 0.6 is 0 Å². The van der Waals surface area contributed by atoms with Gasteiger partial charge >= 0.3 is 0 Å². The lowest BCUT2D eigenvalue weighted by Gasteiger charge is -2.43.